The third-order valence-corrected chi connectivity index (χ3v) is 3.94. The van der Waals surface area contributed by atoms with Gasteiger partial charge in [-0.2, -0.15) is 0 Å². The van der Waals surface area contributed by atoms with Crippen molar-refractivity contribution in [2.24, 2.45) is 5.41 Å². The number of nitrogens with one attached hydrogen (secondary N) is 1. The number of fused-ring (bicyclic) bond motifs is 1. The number of nitrogens with zero attached hydrogens (tertiary/aromatic N) is 1. The maximum Gasteiger partial charge on any atom is 0.0712 e. The lowest BCUT2D eigenvalue weighted by Gasteiger charge is -2.26. The molecule has 19 heavy (non-hydrogen) atoms. The average molecular weight is 262 g/mol. The van der Waals surface area contributed by atoms with Crippen LogP contribution in [0.15, 0.2) is 18.2 Å². The average Bonchev–Trinajstić information content (AvgIpc) is 2.69. The molecule has 0 fully saturated rings. The highest BCUT2D eigenvalue weighted by atomic mass is 16.3. The Morgan fingerprint density at radius 2 is 2.11 bits per heavy atom. The summed E-state index contributed by atoms with van der Waals surface area (Å²) in [7, 11) is 2.14. The molecular weight excluding hydrogens is 236 g/mol. The Labute approximate surface area is 116 Å². The second kappa shape index (κ2) is 5.51. The van der Waals surface area contributed by atoms with Gasteiger partial charge < -0.3 is 15.3 Å². The van der Waals surface area contributed by atoms with E-state index in [2.05, 4.69) is 56.2 Å². The number of anilines is 1. The fourth-order valence-electron chi connectivity index (χ4n) is 2.39. The van der Waals surface area contributed by atoms with E-state index in [0.29, 0.717) is 6.54 Å². The Morgan fingerprint density at radius 3 is 2.79 bits per heavy atom. The predicted molar refractivity (Wildman–Crippen MR) is 80.6 cm³/mol. The van der Waals surface area contributed by atoms with E-state index >= 15 is 0 Å². The van der Waals surface area contributed by atoms with Crippen LogP contribution in [0.1, 0.15) is 31.9 Å². The summed E-state index contributed by atoms with van der Waals surface area (Å²) in [6, 6.07) is 6.67. The Morgan fingerprint density at radius 1 is 1.37 bits per heavy atom. The minimum absolute atomic E-state index is 0.0619. The van der Waals surface area contributed by atoms with Crippen LogP contribution in [0.25, 0.3) is 0 Å². The number of aliphatic hydroxyl groups excluding tert-OH is 1. The lowest BCUT2D eigenvalue weighted by molar-refractivity contribution is 0.0628. The zero-order valence-corrected chi connectivity index (χ0v) is 12.5. The molecule has 1 unspecified atom stereocenters. The van der Waals surface area contributed by atoms with Gasteiger partial charge in [-0.3, -0.25) is 0 Å². The molecule has 0 saturated carbocycles. The highest BCUT2D eigenvalue weighted by Crippen LogP contribution is 2.27. The molecule has 0 saturated heterocycles. The Bertz CT molecular complexity index is 437. The van der Waals surface area contributed by atoms with Crippen LogP contribution in [0, 0.1) is 5.41 Å². The minimum Gasteiger partial charge on any atom is -0.391 e. The summed E-state index contributed by atoms with van der Waals surface area (Å²) < 4.78 is 0. The number of likely N-dealkylation sites (N-methyl/N-ethyl adjacent to an activating group) is 1. The van der Waals surface area contributed by atoms with Gasteiger partial charge in [0.1, 0.15) is 0 Å². The van der Waals surface area contributed by atoms with Gasteiger partial charge in [0.2, 0.25) is 0 Å². The maximum absolute atomic E-state index is 9.98. The predicted octanol–water partition coefficient (Wildman–Crippen LogP) is 2.18. The number of aliphatic hydroxyl groups is 1. The molecule has 1 aliphatic heterocycles. The third kappa shape index (κ3) is 3.48. The van der Waals surface area contributed by atoms with Crippen molar-refractivity contribution in [3.8, 4) is 0 Å². The topological polar surface area (TPSA) is 35.5 Å². The molecule has 1 aliphatic rings. The van der Waals surface area contributed by atoms with Crippen molar-refractivity contribution in [1.82, 2.24) is 5.32 Å². The molecule has 0 spiro atoms. The second-order valence-corrected chi connectivity index (χ2v) is 6.65. The van der Waals surface area contributed by atoms with E-state index in [1.54, 1.807) is 0 Å². The van der Waals surface area contributed by atoms with Crippen LogP contribution in [0.5, 0.6) is 0 Å². The van der Waals surface area contributed by atoms with Gasteiger partial charge in [-0.1, -0.05) is 32.9 Å². The van der Waals surface area contributed by atoms with Crippen LogP contribution in [0.2, 0.25) is 0 Å². The first-order valence-electron chi connectivity index (χ1n) is 7.09. The molecule has 0 bridgehead atoms. The van der Waals surface area contributed by atoms with E-state index in [4.69, 9.17) is 0 Å². The highest BCUT2D eigenvalue weighted by molar-refractivity contribution is 5.58. The summed E-state index contributed by atoms with van der Waals surface area (Å²) in [5, 5.41) is 13.3. The Kier molecular flexibility index (Phi) is 4.16. The summed E-state index contributed by atoms with van der Waals surface area (Å²) in [6.45, 7) is 8.76. The van der Waals surface area contributed by atoms with Crippen molar-refractivity contribution in [2.45, 2.75) is 39.8 Å². The van der Waals surface area contributed by atoms with Crippen LogP contribution in [0.3, 0.4) is 0 Å². The Balaban J connectivity index is 1.88. The smallest absolute Gasteiger partial charge is 0.0712 e. The summed E-state index contributed by atoms with van der Waals surface area (Å²) >= 11 is 0. The number of hydrogen-bond acceptors (Lipinski definition) is 3. The number of benzene rings is 1. The fourth-order valence-corrected chi connectivity index (χ4v) is 2.39. The van der Waals surface area contributed by atoms with Crippen LogP contribution in [-0.4, -0.2) is 31.3 Å². The van der Waals surface area contributed by atoms with E-state index in [1.165, 1.54) is 16.8 Å². The molecule has 1 atom stereocenters. The van der Waals surface area contributed by atoms with E-state index in [1.807, 2.05) is 0 Å². The SMILES string of the molecule is CN1CCc2cc(CNCC(O)C(C)(C)C)ccc21. The summed E-state index contributed by atoms with van der Waals surface area (Å²) in [4.78, 5) is 2.30. The Hall–Kier alpha value is -1.06. The summed E-state index contributed by atoms with van der Waals surface area (Å²) in [5.74, 6) is 0. The molecule has 0 aliphatic carbocycles. The van der Waals surface area contributed by atoms with Gasteiger partial charge in [-0.25, -0.2) is 0 Å². The van der Waals surface area contributed by atoms with Crippen LogP contribution in [-0.2, 0) is 13.0 Å². The van der Waals surface area contributed by atoms with Crippen LogP contribution < -0.4 is 10.2 Å². The first-order chi connectivity index (χ1) is 8.88. The standard InChI is InChI=1S/C16H26N2O/c1-16(2,3)15(19)11-17-10-12-5-6-14-13(9-12)7-8-18(14)4/h5-6,9,15,17,19H,7-8,10-11H2,1-4H3. The molecule has 2 rings (SSSR count). The first-order valence-corrected chi connectivity index (χ1v) is 7.09. The minimum atomic E-state index is -0.312. The van der Waals surface area contributed by atoms with E-state index < -0.39 is 0 Å². The van der Waals surface area contributed by atoms with Crippen molar-refractivity contribution >= 4 is 5.69 Å². The molecule has 3 heteroatoms. The molecule has 0 amide bonds. The molecule has 2 N–H and O–H groups in total. The van der Waals surface area contributed by atoms with Crippen molar-refractivity contribution < 1.29 is 5.11 Å². The third-order valence-electron chi connectivity index (χ3n) is 3.94. The van der Waals surface area contributed by atoms with Crippen molar-refractivity contribution in [2.75, 3.05) is 25.0 Å². The molecule has 1 aromatic carbocycles. The molecule has 0 aromatic heterocycles. The van der Waals surface area contributed by atoms with E-state index in [-0.39, 0.29) is 11.5 Å². The summed E-state index contributed by atoms with van der Waals surface area (Å²) in [6.07, 6.45) is 0.831. The van der Waals surface area contributed by atoms with Crippen LogP contribution >= 0.6 is 0 Å². The van der Waals surface area contributed by atoms with Crippen LogP contribution in [0.4, 0.5) is 5.69 Å². The first kappa shape index (κ1) is 14.4. The van der Waals surface area contributed by atoms with Gasteiger partial charge in [-0.15, -0.1) is 0 Å². The van der Waals surface area contributed by atoms with Gasteiger partial charge in [-0.05, 0) is 29.0 Å². The number of hydrogen-bond donors (Lipinski definition) is 2. The highest BCUT2D eigenvalue weighted by Gasteiger charge is 2.21. The zero-order chi connectivity index (χ0) is 14.0. The molecule has 106 valence electrons. The quantitative estimate of drug-likeness (QED) is 0.873. The molecular formula is C16H26N2O. The van der Waals surface area contributed by atoms with Gasteiger partial charge in [0.15, 0.2) is 0 Å². The zero-order valence-electron chi connectivity index (χ0n) is 12.5. The van der Waals surface area contributed by atoms with Crippen molar-refractivity contribution in [3.63, 3.8) is 0 Å². The van der Waals surface area contributed by atoms with Gasteiger partial charge in [0.25, 0.3) is 0 Å². The summed E-state index contributed by atoms with van der Waals surface area (Å²) in [5.41, 5.74) is 4.04. The molecule has 3 nitrogen and oxygen atoms in total. The fraction of sp³-hybridized carbons (Fsp3) is 0.625. The molecule has 1 heterocycles. The normalized spacial score (nSPS) is 16.6. The van der Waals surface area contributed by atoms with E-state index in [9.17, 15) is 5.11 Å². The van der Waals surface area contributed by atoms with Gasteiger partial charge >= 0.3 is 0 Å². The van der Waals surface area contributed by atoms with Crippen molar-refractivity contribution in [1.29, 1.82) is 0 Å². The second-order valence-electron chi connectivity index (χ2n) is 6.65. The largest absolute Gasteiger partial charge is 0.391 e. The lowest BCUT2D eigenvalue weighted by Crippen LogP contribution is -2.36. The monoisotopic (exact) mass is 262 g/mol. The molecule has 1 aromatic rings. The van der Waals surface area contributed by atoms with Gasteiger partial charge in [0.05, 0.1) is 6.10 Å². The van der Waals surface area contributed by atoms with Crippen molar-refractivity contribution in [3.05, 3.63) is 29.3 Å². The maximum atomic E-state index is 9.98. The number of rotatable bonds is 4. The van der Waals surface area contributed by atoms with E-state index in [0.717, 1.165) is 19.5 Å². The lowest BCUT2D eigenvalue weighted by atomic mass is 9.89. The molecule has 0 radical (unpaired) electrons. The van der Waals surface area contributed by atoms with Gasteiger partial charge in [0, 0.05) is 32.4 Å².